The Balaban J connectivity index is 1.87. The molecule has 0 aliphatic carbocycles. The molecule has 1 aliphatic rings. The van der Waals surface area contributed by atoms with Crippen molar-refractivity contribution >= 4 is 23.3 Å². The highest BCUT2D eigenvalue weighted by atomic mass is 16.2. The van der Waals surface area contributed by atoms with Crippen molar-refractivity contribution in [3.8, 4) is 0 Å². The van der Waals surface area contributed by atoms with Gasteiger partial charge in [-0.25, -0.2) is 4.79 Å². The van der Waals surface area contributed by atoms with E-state index in [-0.39, 0.29) is 12.5 Å². The number of anilines is 2. The molecule has 0 aromatic heterocycles. The lowest BCUT2D eigenvalue weighted by molar-refractivity contribution is -0.118. The fourth-order valence-electron chi connectivity index (χ4n) is 2.90. The van der Waals surface area contributed by atoms with Crippen LogP contribution in [0, 0.1) is 5.92 Å². The molecule has 1 aromatic rings. The zero-order valence-electron chi connectivity index (χ0n) is 15.3. The van der Waals surface area contributed by atoms with Gasteiger partial charge in [-0.15, -0.1) is 0 Å². The minimum Gasteiger partial charge on any atom is -0.374 e. The fourth-order valence-corrected chi connectivity index (χ4v) is 2.90. The van der Waals surface area contributed by atoms with Crippen LogP contribution in [0.3, 0.4) is 0 Å². The van der Waals surface area contributed by atoms with E-state index in [0.29, 0.717) is 12.5 Å². The van der Waals surface area contributed by atoms with Gasteiger partial charge in [0, 0.05) is 19.6 Å². The van der Waals surface area contributed by atoms with Gasteiger partial charge in [-0.3, -0.25) is 10.1 Å². The first-order valence-electron chi connectivity index (χ1n) is 9.22. The van der Waals surface area contributed by atoms with Crippen molar-refractivity contribution in [3.05, 3.63) is 24.3 Å². The normalized spacial score (nSPS) is 14.8. The van der Waals surface area contributed by atoms with E-state index in [0.717, 1.165) is 24.5 Å². The average Bonchev–Trinajstić information content (AvgIpc) is 2.87. The molecule has 138 valence electrons. The molecule has 1 saturated heterocycles. The number of hydrogen-bond donors (Lipinski definition) is 3. The van der Waals surface area contributed by atoms with E-state index in [1.807, 2.05) is 32.0 Å². The number of nitrogens with one attached hydrogen (secondary N) is 3. The quantitative estimate of drug-likeness (QED) is 0.740. The number of imide groups is 1. The Bertz CT molecular complexity index is 566. The van der Waals surface area contributed by atoms with Crippen molar-refractivity contribution in [2.45, 2.75) is 39.5 Å². The van der Waals surface area contributed by atoms with Gasteiger partial charge in [0.1, 0.15) is 0 Å². The fraction of sp³-hybridized carbons (Fsp3) is 0.579. The number of carbonyl (C=O) groups excluding carboxylic acids is 2. The third-order valence-electron chi connectivity index (χ3n) is 4.21. The van der Waals surface area contributed by atoms with Gasteiger partial charge in [0.15, 0.2) is 0 Å². The number of urea groups is 1. The first kappa shape index (κ1) is 19.1. The van der Waals surface area contributed by atoms with Crippen molar-refractivity contribution in [1.82, 2.24) is 10.6 Å². The van der Waals surface area contributed by atoms with Crippen LogP contribution in [0.25, 0.3) is 0 Å². The summed E-state index contributed by atoms with van der Waals surface area (Å²) in [6.45, 7) is 6.71. The Morgan fingerprint density at radius 1 is 1.08 bits per heavy atom. The van der Waals surface area contributed by atoms with Crippen LogP contribution in [0.4, 0.5) is 16.2 Å². The van der Waals surface area contributed by atoms with Crippen LogP contribution in [0.1, 0.15) is 39.5 Å². The Morgan fingerprint density at radius 3 is 2.44 bits per heavy atom. The molecule has 6 heteroatoms. The predicted molar refractivity (Wildman–Crippen MR) is 102 cm³/mol. The standard InChI is InChI=1S/C19H30N4O2/c1-15(2)13-21-19(25)22-18(24)14-20-16-9-5-6-10-17(16)23-11-7-3-4-8-12-23/h5-6,9-10,15,20H,3-4,7-8,11-14H2,1-2H3,(H2,21,22,24,25). The SMILES string of the molecule is CC(C)CNC(=O)NC(=O)CNc1ccccc1N1CCCCCC1. The van der Waals surface area contributed by atoms with Crippen molar-refractivity contribution in [1.29, 1.82) is 0 Å². The van der Waals surface area contributed by atoms with E-state index in [2.05, 4.69) is 26.9 Å². The molecule has 0 radical (unpaired) electrons. The minimum atomic E-state index is -0.443. The highest BCUT2D eigenvalue weighted by Gasteiger charge is 2.14. The molecule has 3 N–H and O–H groups in total. The van der Waals surface area contributed by atoms with Crippen molar-refractivity contribution in [3.63, 3.8) is 0 Å². The first-order valence-corrected chi connectivity index (χ1v) is 9.22. The van der Waals surface area contributed by atoms with Crippen molar-refractivity contribution < 1.29 is 9.59 Å². The summed E-state index contributed by atoms with van der Waals surface area (Å²) in [5.41, 5.74) is 2.06. The summed E-state index contributed by atoms with van der Waals surface area (Å²) in [5.74, 6) is 0.00593. The van der Waals surface area contributed by atoms with E-state index in [1.54, 1.807) is 0 Å². The molecule has 2 rings (SSSR count). The van der Waals surface area contributed by atoms with Gasteiger partial charge in [0.05, 0.1) is 17.9 Å². The Kier molecular flexibility index (Phi) is 7.57. The molecule has 0 unspecified atom stereocenters. The van der Waals surface area contributed by atoms with Crippen LogP contribution in [0.15, 0.2) is 24.3 Å². The summed E-state index contributed by atoms with van der Waals surface area (Å²) in [6.07, 6.45) is 4.95. The molecule has 0 bridgehead atoms. The molecule has 0 spiro atoms. The Hall–Kier alpha value is -2.24. The number of hydrogen-bond acceptors (Lipinski definition) is 4. The second kappa shape index (κ2) is 9.91. The van der Waals surface area contributed by atoms with Gasteiger partial charge in [0.25, 0.3) is 0 Å². The van der Waals surface area contributed by atoms with Crippen molar-refractivity contribution in [2.75, 3.05) is 36.4 Å². The van der Waals surface area contributed by atoms with Crippen LogP contribution in [0.5, 0.6) is 0 Å². The highest BCUT2D eigenvalue weighted by Crippen LogP contribution is 2.27. The van der Waals surface area contributed by atoms with Gasteiger partial charge >= 0.3 is 6.03 Å². The second-order valence-corrected chi connectivity index (χ2v) is 6.92. The molecule has 1 aliphatic heterocycles. The number of amides is 3. The molecular weight excluding hydrogens is 316 g/mol. The number of carbonyl (C=O) groups is 2. The molecule has 6 nitrogen and oxygen atoms in total. The lowest BCUT2D eigenvalue weighted by Gasteiger charge is -2.25. The van der Waals surface area contributed by atoms with E-state index in [4.69, 9.17) is 0 Å². The number of rotatable bonds is 6. The molecule has 3 amide bonds. The van der Waals surface area contributed by atoms with Crippen LogP contribution in [-0.2, 0) is 4.79 Å². The van der Waals surface area contributed by atoms with Gasteiger partial charge < -0.3 is 15.5 Å². The number of benzene rings is 1. The summed E-state index contributed by atoms with van der Waals surface area (Å²) < 4.78 is 0. The lowest BCUT2D eigenvalue weighted by Crippen LogP contribution is -2.43. The zero-order chi connectivity index (χ0) is 18.1. The highest BCUT2D eigenvalue weighted by molar-refractivity contribution is 5.96. The minimum absolute atomic E-state index is 0.0694. The van der Waals surface area contributed by atoms with Crippen LogP contribution >= 0.6 is 0 Å². The summed E-state index contributed by atoms with van der Waals surface area (Å²) in [5, 5.41) is 8.19. The monoisotopic (exact) mass is 346 g/mol. The summed E-state index contributed by atoms with van der Waals surface area (Å²) in [4.78, 5) is 26.0. The molecule has 25 heavy (non-hydrogen) atoms. The predicted octanol–water partition coefficient (Wildman–Crippen LogP) is 2.96. The van der Waals surface area contributed by atoms with Gasteiger partial charge in [-0.05, 0) is 30.9 Å². The Labute approximate surface area is 150 Å². The number of para-hydroxylation sites is 2. The largest absolute Gasteiger partial charge is 0.374 e. The maximum absolute atomic E-state index is 12.0. The van der Waals surface area contributed by atoms with Crippen LogP contribution in [-0.4, -0.2) is 38.1 Å². The van der Waals surface area contributed by atoms with Gasteiger partial charge in [0.2, 0.25) is 5.91 Å². The average molecular weight is 346 g/mol. The zero-order valence-corrected chi connectivity index (χ0v) is 15.3. The first-order chi connectivity index (χ1) is 12.1. The van der Waals surface area contributed by atoms with Gasteiger partial charge in [-0.1, -0.05) is 38.8 Å². The third-order valence-corrected chi connectivity index (χ3v) is 4.21. The van der Waals surface area contributed by atoms with Crippen LogP contribution < -0.4 is 20.9 Å². The summed E-state index contributed by atoms with van der Waals surface area (Å²) >= 11 is 0. The smallest absolute Gasteiger partial charge is 0.321 e. The summed E-state index contributed by atoms with van der Waals surface area (Å²) in [6, 6.07) is 7.59. The number of nitrogens with zero attached hydrogens (tertiary/aromatic N) is 1. The molecule has 1 aromatic carbocycles. The van der Waals surface area contributed by atoms with E-state index >= 15 is 0 Å². The third kappa shape index (κ3) is 6.64. The topological polar surface area (TPSA) is 73.5 Å². The van der Waals surface area contributed by atoms with Gasteiger partial charge in [-0.2, -0.15) is 0 Å². The van der Waals surface area contributed by atoms with Crippen LogP contribution in [0.2, 0.25) is 0 Å². The van der Waals surface area contributed by atoms with Crippen molar-refractivity contribution in [2.24, 2.45) is 5.92 Å². The second-order valence-electron chi connectivity index (χ2n) is 6.92. The molecule has 1 fully saturated rings. The molecule has 1 heterocycles. The van der Waals surface area contributed by atoms with E-state index < -0.39 is 6.03 Å². The Morgan fingerprint density at radius 2 is 1.76 bits per heavy atom. The molecular formula is C19H30N4O2. The molecule has 0 atom stereocenters. The van der Waals surface area contributed by atoms with E-state index in [9.17, 15) is 9.59 Å². The van der Waals surface area contributed by atoms with E-state index in [1.165, 1.54) is 25.7 Å². The maximum Gasteiger partial charge on any atom is 0.321 e. The lowest BCUT2D eigenvalue weighted by atomic mass is 10.2. The molecule has 0 saturated carbocycles. The summed E-state index contributed by atoms with van der Waals surface area (Å²) in [7, 11) is 0. The maximum atomic E-state index is 12.0.